The van der Waals surface area contributed by atoms with Crippen LogP contribution in [-0.4, -0.2) is 14.8 Å². The Balaban J connectivity index is 3.55. The molecule has 0 unspecified atom stereocenters. The van der Waals surface area contributed by atoms with Crippen molar-refractivity contribution >= 4 is 20.4 Å². The van der Waals surface area contributed by atoms with Gasteiger partial charge in [0.15, 0.2) is 6.71 Å². The maximum atomic E-state index is 3.98. The number of rotatable bonds is 9. The Labute approximate surface area is 138 Å². The first kappa shape index (κ1) is 18.5. The fourth-order valence-corrected chi connectivity index (χ4v) is 5.82. The third-order valence-electron chi connectivity index (χ3n) is 3.91. The van der Waals surface area contributed by atoms with Crippen LogP contribution in [0.2, 0.25) is 32.3 Å². The minimum Gasteiger partial charge on any atom is -0.106 e. The third-order valence-corrected chi connectivity index (χ3v) is 6.24. The second kappa shape index (κ2) is 8.80. The summed E-state index contributed by atoms with van der Waals surface area (Å²) >= 11 is 0. The monoisotopic (exact) mass is 308 g/mol. The van der Waals surface area contributed by atoms with Crippen molar-refractivity contribution in [2.45, 2.75) is 38.7 Å². The van der Waals surface area contributed by atoms with Crippen LogP contribution in [0.5, 0.6) is 0 Å². The van der Waals surface area contributed by atoms with E-state index in [1.165, 1.54) is 11.1 Å². The van der Waals surface area contributed by atoms with E-state index in [-0.39, 0.29) is 0 Å². The van der Waals surface area contributed by atoms with Crippen molar-refractivity contribution in [2.75, 3.05) is 0 Å². The molecule has 0 aliphatic rings. The van der Waals surface area contributed by atoms with Gasteiger partial charge in [-0.1, -0.05) is 86.4 Å². The Morgan fingerprint density at radius 2 is 1.50 bits per heavy atom. The van der Waals surface area contributed by atoms with Crippen LogP contribution in [-0.2, 0) is 0 Å². The zero-order valence-electron chi connectivity index (χ0n) is 14.4. The number of hydrogen-bond donors (Lipinski definition) is 0. The van der Waals surface area contributed by atoms with Crippen LogP contribution in [0.25, 0.3) is 5.57 Å². The molecule has 0 spiro atoms. The molecule has 1 aromatic carbocycles. The highest BCUT2D eigenvalue weighted by molar-refractivity contribution is 6.99. The average Bonchev–Trinajstić information content (AvgIpc) is 2.47. The zero-order valence-corrected chi connectivity index (χ0v) is 15.4. The van der Waals surface area contributed by atoms with Gasteiger partial charge in [0.2, 0.25) is 0 Å². The van der Waals surface area contributed by atoms with Gasteiger partial charge in [-0.25, -0.2) is 0 Å². The summed E-state index contributed by atoms with van der Waals surface area (Å²) in [6, 6.07) is 10.8. The van der Waals surface area contributed by atoms with E-state index < -0.39 is 8.07 Å². The molecular weight excluding hydrogens is 279 g/mol. The predicted octanol–water partition coefficient (Wildman–Crippen LogP) is 6.30. The summed E-state index contributed by atoms with van der Waals surface area (Å²) in [6.07, 6.45) is 9.07. The largest absolute Gasteiger partial charge is 0.173 e. The van der Waals surface area contributed by atoms with Gasteiger partial charge in [-0.2, -0.15) is 0 Å². The van der Waals surface area contributed by atoms with Crippen LogP contribution in [0.3, 0.4) is 0 Å². The maximum Gasteiger partial charge on any atom is 0.173 e. The average molecular weight is 308 g/mol. The quantitative estimate of drug-likeness (QED) is 0.371. The minimum atomic E-state index is -1.47. The second-order valence-electron chi connectivity index (χ2n) is 6.75. The molecule has 0 amide bonds. The van der Waals surface area contributed by atoms with Crippen LogP contribution in [0, 0.1) is 0 Å². The summed E-state index contributed by atoms with van der Waals surface area (Å²) < 4.78 is 0. The predicted molar refractivity (Wildman–Crippen MR) is 107 cm³/mol. The summed E-state index contributed by atoms with van der Waals surface area (Å²) in [4.78, 5) is 0. The molecule has 2 heteroatoms. The van der Waals surface area contributed by atoms with Gasteiger partial charge in [0.05, 0.1) is 8.07 Å². The van der Waals surface area contributed by atoms with E-state index in [1.807, 2.05) is 18.2 Å². The Morgan fingerprint density at radius 1 is 0.955 bits per heavy atom. The van der Waals surface area contributed by atoms with E-state index in [9.17, 15) is 0 Å². The highest BCUT2D eigenvalue weighted by Crippen LogP contribution is 2.33. The third kappa shape index (κ3) is 5.03. The van der Waals surface area contributed by atoms with E-state index >= 15 is 0 Å². The summed E-state index contributed by atoms with van der Waals surface area (Å²) in [7, 11) is -1.47. The molecule has 0 aliphatic carbocycles. The highest BCUT2D eigenvalue weighted by atomic mass is 28.3. The van der Waals surface area contributed by atoms with Crippen molar-refractivity contribution in [1.29, 1.82) is 0 Å². The van der Waals surface area contributed by atoms with Crippen LogP contribution < -0.4 is 0 Å². The van der Waals surface area contributed by atoms with Gasteiger partial charge in [-0.15, -0.1) is 24.8 Å². The fraction of sp³-hybridized carbons (Fsp3) is 0.300. The minimum absolute atomic E-state index is 0.511. The molecule has 22 heavy (non-hydrogen) atoms. The first-order chi connectivity index (χ1) is 10.5. The lowest BCUT2D eigenvalue weighted by atomic mass is 9.43. The lowest BCUT2D eigenvalue weighted by Crippen LogP contribution is -2.35. The normalized spacial score (nSPS) is 12.3. The molecule has 0 radical (unpaired) electrons. The zero-order chi connectivity index (χ0) is 16.6. The smallest absolute Gasteiger partial charge is 0.106 e. The number of allylic oxidation sites excluding steroid dienone is 4. The van der Waals surface area contributed by atoms with E-state index in [4.69, 9.17) is 0 Å². The van der Waals surface area contributed by atoms with E-state index in [0.29, 0.717) is 6.71 Å². The Kier molecular flexibility index (Phi) is 7.40. The van der Waals surface area contributed by atoms with Gasteiger partial charge in [-0.05, 0) is 12.0 Å². The molecule has 1 rings (SSSR count). The SMILES string of the molecule is C=CCB(CC=C)/C(=C(\CC=C)c1ccccc1)[Si](C)(C)C. The highest BCUT2D eigenvalue weighted by Gasteiger charge is 2.30. The first-order valence-corrected chi connectivity index (χ1v) is 11.6. The number of hydrogen-bond acceptors (Lipinski definition) is 0. The van der Waals surface area contributed by atoms with Crippen molar-refractivity contribution in [3.8, 4) is 0 Å². The molecule has 1 aromatic rings. The van der Waals surface area contributed by atoms with E-state index in [0.717, 1.165) is 19.1 Å². The molecule has 0 nitrogen and oxygen atoms in total. The summed E-state index contributed by atoms with van der Waals surface area (Å²) in [5.74, 6) is 0. The Morgan fingerprint density at radius 3 is 1.91 bits per heavy atom. The van der Waals surface area contributed by atoms with Crippen molar-refractivity contribution in [3.05, 3.63) is 79.0 Å². The Bertz CT molecular complexity index is 525. The second-order valence-corrected chi connectivity index (χ2v) is 11.8. The molecule has 0 aliphatic heterocycles. The van der Waals surface area contributed by atoms with Crippen molar-refractivity contribution in [3.63, 3.8) is 0 Å². The van der Waals surface area contributed by atoms with E-state index in [2.05, 4.69) is 69.7 Å². The molecule has 0 saturated heterocycles. The van der Waals surface area contributed by atoms with Crippen LogP contribution in [0.15, 0.2) is 73.4 Å². The molecule has 0 N–H and O–H groups in total. The molecule has 0 saturated carbocycles. The van der Waals surface area contributed by atoms with Gasteiger partial charge in [-0.3, -0.25) is 0 Å². The van der Waals surface area contributed by atoms with Gasteiger partial charge in [0, 0.05) is 0 Å². The van der Waals surface area contributed by atoms with Gasteiger partial charge >= 0.3 is 0 Å². The number of benzene rings is 1. The lowest BCUT2D eigenvalue weighted by Gasteiger charge is -2.30. The molecule has 0 aromatic heterocycles. The molecular formula is C20H29BSi. The van der Waals surface area contributed by atoms with Gasteiger partial charge < -0.3 is 0 Å². The van der Waals surface area contributed by atoms with Crippen molar-refractivity contribution in [1.82, 2.24) is 0 Å². The fourth-order valence-electron chi connectivity index (χ4n) is 3.21. The molecule has 0 bridgehead atoms. The molecule has 0 atom stereocenters. The van der Waals surface area contributed by atoms with Gasteiger partial charge in [0.25, 0.3) is 0 Å². The standard InChI is InChI=1S/C20H29BSi/c1-7-13-19(18-14-11-10-12-15-18)20(22(4,5)6)21(16-8-2)17-9-3/h7-12,14-15H,1-3,13,16-17H2,4-6H3/b20-19-. The Hall–Kier alpha value is -1.54. The van der Waals surface area contributed by atoms with Crippen molar-refractivity contribution < 1.29 is 0 Å². The molecule has 116 valence electrons. The summed E-state index contributed by atoms with van der Waals surface area (Å²) in [5.41, 5.74) is 2.79. The lowest BCUT2D eigenvalue weighted by molar-refractivity contribution is 1.38. The maximum absolute atomic E-state index is 3.98. The van der Waals surface area contributed by atoms with E-state index in [1.54, 1.807) is 5.10 Å². The first-order valence-electron chi connectivity index (χ1n) is 8.07. The molecule has 0 fully saturated rings. The molecule has 0 heterocycles. The summed E-state index contributed by atoms with van der Waals surface area (Å²) in [6.45, 7) is 19.7. The van der Waals surface area contributed by atoms with Crippen molar-refractivity contribution in [2.24, 2.45) is 0 Å². The van der Waals surface area contributed by atoms with Crippen LogP contribution >= 0.6 is 0 Å². The summed E-state index contributed by atoms with van der Waals surface area (Å²) in [5, 5.41) is 1.64. The van der Waals surface area contributed by atoms with Crippen LogP contribution in [0.4, 0.5) is 0 Å². The topological polar surface area (TPSA) is 0 Å². The van der Waals surface area contributed by atoms with Crippen LogP contribution in [0.1, 0.15) is 12.0 Å². The van der Waals surface area contributed by atoms with Gasteiger partial charge in [0.1, 0.15) is 0 Å².